The maximum absolute atomic E-state index is 10.7. The predicted molar refractivity (Wildman–Crippen MR) is 60.6 cm³/mol. The van der Waals surface area contributed by atoms with Crippen molar-refractivity contribution in [3.63, 3.8) is 0 Å². The van der Waals surface area contributed by atoms with Crippen LogP contribution in [-0.2, 0) is 9.53 Å². The van der Waals surface area contributed by atoms with E-state index >= 15 is 0 Å². The van der Waals surface area contributed by atoms with Gasteiger partial charge in [0.2, 0.25) is 0 Å². The van der Waals surface area contributed by atoms with Gasteiger partial charge in [-0.2, -0.15) is 0 Å². The smallest absolute Gasteiger partial charge is 0.302 e. The topological polar surface area (TPSA) is 95.7 Å². The molecule has 0 bridgehead atoms. The summed E-state index contributed by atoms with van der Waals surface area (Å²) in [4.78, 5) is 31.1. The van der Waals surface area contributed by atoms with Gasteiger partial charge in [-0.15, -0.1) is 0 Å². The summed E-state index contributed by atoms with van der Waals surface area (Å²) >= 11 is 0. The fourth-order valence-electron chi connectivity index (χ4n) is 1.23. The Bertz CT molecular complexity index is 471. The van der Waals surface area contributed by atoms with Crippen LogP contribution in [0.15, 0.2) is 18.2 Å². The van der Waals surface area contributed by atoms with E-state index in [2.05, 4.69) is 4.74 Å². The number of nitro groups is 1. The van der Waals surface area contributed by atoms with Crippen molar-refractivity contribution in [3.05, 3.63) is 33.9 Å². The van der Waals surface area contributed by atoms with Crippen LogP contribution in [0.4, 0.5) is 5.69 Å². The largest absolute Gasteiger partial charge is 0.490 e. The van der Waals surface area contributed by atoms with E-state index in [1.807, 2.05) is 0 Å². The van der Waals surface area contributed by atoms with Gasteiger partial charge in [-0.05, 0) is 12.1 Å². The van der Waals surface area contributed by atoms with Crippen LogP contribution in [-0.4, -0.2) is 30.4 Å². The van der Waals surface area contributed by atoms with E-state index in [-0.39, 0.29) is 24.5 Å². The van der Waals surface area contributed by atoms with Crippen molar-refractivity contribution < 1.29 is 24.0 Å². The Morgan fingerprint density at radius 3 is 2.72 bits per heavy atom. The Labute approximate surface area is 102 Å². The van der Waals surface area contributed by atoms with Gasteiger partial charge in [-0.3, -0.25) is 19.7 Å². The van der Waals surface area contributed by atoms with Gasteiger partial charge < -0.3 is 9.47 Å². The minimum Gasteiger partial charge on any atom is -0.490 e. The quantitative estimate of drug-likeness (QED) is 0.249. The highest BCUT2D eigenvalue weighted by Crippen LogP contribution is 2.22. The molecule has 0 aliphatic carbocycles. The second-order valence-electron chi connectivity index (χ2n) is 3.28. The lowest BCUT2D eigenvalue weighted by atomic mass is 10.2. The third-order valence-electron chi connectivity index (χ3n) is 1.98. The molecule has 96 valence electrons. The number of esters is 1. The zero-order valence-corrected chi connectivity index (χ0v) is 9.62. The van der Waals surface area contributed by atoms with Gasteiger partial charge in [0.1, 0.15) is 19.0 Å². The van der Waals surface area contributed by atoms with Crippen molar-refractivity contribution in [2.75, 3.05) is 13.2 Å². The van der Waals surface area contributed by atoms with Crippen molar-refractivity contribution in [3.8, 4) is 5.75 Å². The second-order valence-corrected chi connectivity index (χ2v) is 3.28. The number of carbonyl (C=O) groups is 2. The van der Waals surface area contributed by atoms with E-state index in [4.69, 9.17) is 4.74 Å². The third kappa shape index (κ3) is 3.85. The molecule has 0 spiro atoms. The van der Waals surface area contributed by atoms with E-state index < -0.39 is 10.9 Å². The van der Waals surface area contributed by atoms with Gasteiger partial charge in [0, 0.05) is 13.0 Å². The van der Waals surface area contributed by atoms with Gasteiger partial charge in [-0.25, -0.2) is 0 Å². The molecule has 18 heavy (non-hydrogen) atoms. The Hall–Kier alpha value is -2.44. The zero-order valence-electron chi connectivity index (χ0n) is 9.62. The molecule has 7 nitrogen and oxygen atoms in total. The number of ether oxygens (including phenoxy) is 2. The molecule has 0 radical (unpaired) electrons. The summed E-state index contributed by atoms with van der Waals surface area (Å²) in [6.07, 6.45) is 0.386. The summed E-state index contributed by atoms with van der Waals surface area (Å²) in [7, 11) is 0. The van der Waals surface area contributed by atoms with Crippen molar-refractivity contribution in [1.82, 2.24) is 0 Å². The first-order valence-electron chi connectivity index (χ1n) is 5.04. The second kappa shape index (κ2) is 6.33. The van der Waals surface area contributed by atoms with Gasteiger partial charge in [-0.1, -0.05) is 0 Å². The SMILES string of the molecule is CC(=O)OCCOc1ccc([N+](=O)[O-])c(C=O)c1. The molecule has 0 fully saturated rings. The summed E-state index contributed by atoms with van der Waals surface area (Å²) < 4.78 is 9.82. The average Bonchev–Trinajstić information content (AvgIpc) is 2.33. The van der Waals surface area contributed by atoms with Crippen molar-refractivity contribution in [2.45, 2.75) is 6.92 Å². The van der Waals surface area contributed by atoms with Crippen LogP contribution in [0.2, 0.25) is 0 Å². The first-order valence-corrected chi connectivity index (χ1v) is 5.04. The van der Waals surface area contributed by atoms with Crippen LogP contribution in [0, 0.1) is 10.1 Å². The average molecular weight is 253 g/mol. The molecule has 1 rings (SSSR count). The number of rotatable bonds is 6. The van der Waals surface area contributed by atoms with Crippen molar-refractivity contribution in [2.24, 2.45) is 0 Å². The highest BCUT2D eigenvalue weighted by Gasteiger charge is 2.13. The molecule has 1 aromatic carbocycles. The molecular weight excluding hydrogens is 242 g/mol. The molecule has 0 amide bonds. The highest BCUT2D eigenvalue weighted by atomic mass is 16.6. The molecule has 0 heterocycles. The van der Waals surface area contributed by atoms with Gasteiger partial charge in [0.05, 0.1) is 10.5 Å². The fourth-order valence-corrected chi connectivity index (χ4v) is 1.23. The molecule has 0 aromatic heterocycles. The number of aldehydes is 1. The van der Waals surface area contributed by atoms with Gasteiger partial charge in [0.15, 0.2) is 6.29 Å². The lowest BCUT2D eigenvalue weighted by Crippen LogP contribution is -2.09. The van der Waals surface area contributed by atoms with Crippen LogP contribution >= 0.6 is 0 Å². The van der Waals surface area contributed by atoms with E-state index in [1.54, 1.807) is 0 Å². The number of nitrogens with zero attached hydrogens (tertiary/aromatic N) is 1. The summed E-state index contributed by atoms with van der Waals surface area (Å²) in [5, 5.41) is 10.6. The predicted octanol–water partition coefficient (Wildman–Crippen LogP) is 1.35. The van der Waals surface area contributed by atoms with E-state index in [0.717, 1.165) is 0 Å². The Morgan fingerprint density at radius 2 is 2.17 bits per heavy atom. The molecule has 1 aromatic rings. The van der Waals surface area contributed by atoms with Crippen molar-refractivity contribution >= 4 is 17.9 Å². The minimum absolute atomic E-state index is 0.0648. The number of hydrogen-bond acceptors (Lipinski definition) is 6. The fraction of sp³-hybridized carbons (Fsp3) is 0.273. The summed E-state index contributed by atoms with van der Waals surface area (Å²) in [6.45, 7) is 1.45. The van der Waals surface area contributed by atoms with E-state index in [0.29, 0.717) is 12.0 Å². The first-order chi connectivity index (χ1) is 8.54. The van der Waals surface area contributed by atoms with Gasteiger partial charge in [0.25, 0.3) is 5.69 Å². The molecular formula is C11H11NO6. The van der Waals surface area contributed by atoms with Crippen LogP contribution < -0.4 is 4.74 Å². The molecule has 0 N–H and O–H groups in total. The molecule has 0 aliphatic heterocycles. The van der Waals surface area contributed by atoms with Crippen LogP contribution in [0.5, 0.6) is 5.75 Å². The molecule has 0 unspecified atom stereocenters. The number of nitro benzene ring substituents is 1. The lowest BCUT2D eigenvalue weighted by Gasteiger charge is -2.06. The van der Waals surface area contributed by atoms with Crippen LogP contribution in [0.1, 0.15) is 17.3 Å². The van der Waals surface area contributed by atoms with E-state index in [9.17, 15) is 19.7 Å². The molecule has 7 heteroatoms. The standard InChI is InChI=1S/C11H11NO6/c1-8(14)17-4-5-18-10-2-3-11(12(15)16)9(6-10)7-13/h2-3,6-7H,4-5H2,1H3. The Balaban J connectivity index is 2.65. The monoisotopic (exact) mass is 253 g/mol. The highest BCUT2D eigenvalue weighted by molar-refractivity contribution is 5.82. The molecule has 0 atom stereocenters. The summed E-state index contributed by atoms with van der Waals surface area (Å²) in [5.41, 5.74) is -0.345. The van der Waals surface area contributed by atoms with Crippen LogP contribution in [0.3, 0.4) is 0 Å². The lowest BCUT2D eigenvalue weighted by molar-refractivity contribution is -0.385. The van der Waals surface area contributed by atoms with Crippen LogP contribution in [0.25, 0.3) is 0 Å². The van der Waals surface area contributed by atoms with Crippen molar-refractivity contribution in [1.29, 1.82) is 0 Å². The summed E-state index contributed by atoms with van der Waals surface area (Å²) in [5.74, 6) is -0.120. The van der Waals surface area contributed by atoms with E-state index in [1.165, 1.54) is 25.1 Å². The zero-order chi connectivity index (χ0) is 13.5. The molecule has 0 aliphatic rings. The third-order valence-corrected chi connectivity index (χ3v) is 1.98. The van der Waals surface area contributed by atoms with Gasteiger partial charge >= 0.3 is 5.97 Å². The number of benzene rings is 1. The Morgan fingerprint density at radius 1 is 1.44 bits per heavy atom. The minimum atomic E-state index is -0.646. The maximum Gasteiger partial charge on any atom is 0.302 e. The number of hydrogen-bond donors (Lipinski definition) is 0. The molecule has 0 saturated carbocycles. The first kappa shape index (κ1) is 13.6. The molecule has 0 saturated heterocycles. The summed E-state index contributed by atoms with van der Waals surface area (Å²) in [6, 6.07) is 3.82. The normalized spacial score (nSPS) is 9.61. The Kier molecular flexibility index (Phi) is 4.79. The maximum atomic E-state index is 10.7. The number of carbonyl (C=O) groups excluding carboxylic acids is 2.